The van der Waals surface area contributed by atoms with E-state index in [1.807, 2.05) is 6.92 Å². The molecule has 0 spiro atoms. The van der Waals surface area contributed by atoms with Gasteiger partial charge >= 0.3 is 11.9 Å². The normalized spacial score (nSPS) is 11.7. The maximum absolute atomic E-state index is 12.1. The quantitative estimate of drug-likeness (QED) is 0.675. The number of ether oxygens (including phenoxy) is 1. The number of carboxylic acid groups (broad SMARTS) is 1. The highest BCUT2D eigenvalue weighted by atomic mass is 32.1. The molecule has 0 aliphatic carbocycles. The molecule has 1 amide bonds. The van der Waals surface area contributed by atoms with Crippen molar-refractivity contribution in [2.45, 2.75) is 38.6 Å². The van der Waals surface area contributed by atoms with Gasteiger partial charge in [-0.25, -0.2) is 4.79 Å². The van der Waals surface area contributed by atoms with Gasteiger partial charge in [0.15, 0.2) is 0 Å². The molecule has 116 valence electrons. The number of nitrogens with zero attached hydrogens (tertiary/aromatic N) is 2. The van der Waals surface area contributed by atoms with Gasteiger partial charge in [-0.3, -0.25) is 9.59 Å². The Morgan fingerprint density at radius 2 is 2.14 bits per heavy atom. The number of hydrogen-bond acceptors (Lipinski definition) is 7. The Labute approximate surface area is 125 Å². The third-order valence-corrected chi connectivity index (χ3v) is 3.48. The van der Waals surface area contributed by atoms with Gasteiger partial charge in [0.05, 0.1) is 12.8 Å². The van der Waals surface area contributed by atoms with Crippen LogP contribution in [0.25, 0.3) is 0 Å². The molecule has 0 aromatic carbocycles. The Kier molecular flexibility index (Phi) is 6.73. The summed E-state index contributed by atoms with van der Waals surface area (Å²) in [5.74, 6) is -2.27. The van der Waals surface area contributed by atoms with E-state index < -0.39 is 23.9 Å². The molecule has 1 heterocycles. The highest BCUT2D eigenvalue weighted by molar-refractivity contribution is 7.08. The number of carbonyl (C=O) groups excluding carboxylic acids is 2. The number of rotatable bonds is 8. The van der Waals surface area contributed by atoms with Crippen LogP contribution in [-0.2, 0) is 20.7 Å². The lowest BCUT2D eigenvalue weighted by atomic mass is 10.1. The summed E-state index contributed by atoms with van der Waals surface area (Å²) in [6.45, 7) is 1.94. The zero-order valence-electron chi connectivity index (χ0n) is 11.8. The van der Waals surface area contributed by atoms with Crippen molar-refractivity contribution in [1.82, 2.24) is 14.9 Å². The minimum atomic E-state index is -1.21. The Balaban J connectivity index is 2.69. The fourth-order valence-corrected chi connectivity index (χ4v) is 2.24. The molecule has 0 saturated carbocycles. The molecule has 1 aromatic rings. The van der Waals surface area contributed by atoms with Crippen molar-refractivity contribution in [1.29, 1.82) is 0 Å². The first-order valence-electron chi connectivity index (χ1n) is 6.41. The van der Waals surface area contributed by atoms with E-state index in [1.54, 1.807) is 0 Å². The van der Waals surface area contributed by atoms with Crippen molar-refractivity contribution >= 4 is 29.4 Å². The van der Waals surface area contributed by atoms with Gasteiger partial charge in [0.2, 0.25) is 0 Å². The van der Waals surface area contributed by atoms with Crippen molar-refractivity contribution in [3.63, 3.8) is 0 Å². The predicted molar refractivity (Wildman–Crippen MR) is 74.0 cm³/mol. The molecule has 1 atom stereocenters. The van der Waals surface area contributed by atoms with Crippen LogP contribution < -0.4 is 5.32 Å². The number of aliphatic carboxylic acids is 1. The first-order chi connectivity index (χ1) is 9.99. The van der Waals surface area contributed by atoms with E-state index >= 15 is 0 Å². The maximum atomic E-state index is 12.1. The number of aryl methyl sites for hydroxylation is 1. The summed E-state index contributed by atoms with van der Waals surface area (Å²) < 4.78 is 8.16. The van der Waals surface area contributed by atoms with Crippen molar-refractivity contribution in [2.24, 2.45) is 0 Å². The molecule has 0 saturated heterocycles. The van der Waals surface area contributed by atoms with Crippen LogP contribution in [-0.4, -0.2) is 45.7 Å². The predicted octanol–water partition coefficient (Wildman–Crippen LogP) is 0.627. The van der Waals surface area contributed by atoms with Gasteiger partial charge in [0.25, 0.3) is 5.91 Å². The Morgan fingerprint density at radius 3 is 2.71 bits per heavy atom. The van der Waals surface area contributed by atoms with E-state index in [1.165, 1.54) is 7.11 Å². The topological polar surface area (TPSA) is 118 Å². The standard InChI is InChI=1S/C12H17N3O5S/c1-3-4-7-10(21-15-14-7)11(17)13-8(12(18)19)5-6-9(16)20-2/h8H,3-6H2,1-2H3,(H,13,17)(H,18,19)/t8-/m0/s1. The van der Waals surface area contributed by atoms with Gasteiger partial charge in [-0.1, -0.05) is 17.8 Å². The Bertz CT molecular complexity index is 517. The van der Waals surface area contributed by atoms with Gasteiger partial charge in [-0.05, 0) is 24.4 Å². The maximum Gasteiger partial charge on any atom is 0.326 e. The first kappa shape index (κ1) is 17.0. The van der Waals surface area contributed by atoms with E-state index in [4.69, 9.17) is 5.11 Å². The summed E-state index contributed by atoms with van der Waals surface area (Å²) in [5.41, 5.74) is 0.553. The molecule has 1 rings (SSSR count). The van der Waals surface area contributed by atoms with E-state index in [2.05, 4.69) is 19.6 Å². The monoisotopic (exact) mass is 315 g/mol. The molecule has 0 bridgehead atoms. The molecule has 0 radical (unpaired) electrons. The summed E-state index contributed by atoms with van der Waals surface area (Å²) in [4.78, 5) is 34.5. The Morgan fingerprint density at radius 1 is 1.43 bits per heavy atom. The summed E-state index contributed by atoms with van der Waals surface area (Å²) in [6, 6.07) is -1.16. The van der Waals surface area contributed by atoms with E-state index in [0.717, 1.165) is 18.0 Å². The van der Waals surface area contributed by atoms with Gasteiger partial charge in [-0.2, -0.15) is 0 Å². The summed E-state index contributed by atoms with van der Waals surface area (Å²) in [6.07, 6.45) is 1.27. The lowest BCUT2D eigenvalue weighted by Gasteiger charge is -2.13. The average molecular weight is 315 g/mol. The molecular formula is C12H17N3O5S. The lowest BCUT2D eigenvalue weighted by molar-refractivity contribution is -0.142. The number of hydrogen-bond donors (Lipinski definition) is 2. The summed E-state index contributed by atoms with van der Waals surface area (Å²) >= 11 is 0.922. The fraction of sp³-hybridized carbons (Fsp3) is 0.583. The number of methoxy groups -OCH3 is 1. The zero-order chi connectivity index (χ0) is 15.8. The largest absolute Gasteiger partial charge is 0.480 e. The van der Waals surface area contributed by atoms with Gasteiger partial charge in [0, 0.05) is 6.42 Å². The molecule has 0 fully saturated rings. The molecule has 8 nitrogen and oxygen atoms in total. The molecule has 0 unspecified atom stereocenters. The number of aromatic nitrogens is 2. The van der Waals surface area contributed by atoms with Gasteiger partial charge in [-0.15, -0.1) is 5.10 Å². The van der Waals surface area contributed by atoms with Crippen LogP contribution in [0.1, 0.15) is 41.6 Å². The van der Waals surface area contributed by atoms with Gasteiger partial charge in [0.1, 0.15) is 10.9 Å². The highest BCUT2D eigenvalue weighted by Crippen LogP contribution is 2.13. The van der Waals surface area contributed by atoms with Crippen LogP contribution in [0.2, 0.25) is 0 Å². The van der Waals surface area contributed by atoms with E-state index in [-0.39, 0.29) is 12.8 Å². The summed E-state index contributed by atoms with van der Waals surface area (Å²) in [7, 11) is 1.22. The first-order valence-corrected chi connectivity index (χ1v) is 7.18. The van der Waals surface area contributed by atoms with Crippen LogP contribution in [0, 0.1) is 0 Å². The number of nitrogens with one attached hydrogen (secondary N) is 1. The minimum absolute atomic E-state index is 0.0386. The lowest BCUT2D eigenvalue weighted by Crippen LogP contribution is -2.41. The second-order valence-corrected chi connectivity index (χ2v) is 5.03. The second kappa shape index (κ2) is 8.30. The SMILES string of the molecule is CCCc1nnsc1C(=O)N[C@@H](CCC(=O)OC)C(=O)O. The smallest absolute Gasteiger partial charge is 0.326 e. The number of carbonyl (C=O) groups is 3. The fourth-order valence-electron chi connectivity index (χ4n) is 1.63. The number of carboxylic acids is 1. The van der Waals surface area contributed by atoms with Crippen molar-refractivity contribution in [3.05, 3.63) is 10.6 Å². The van der Waals surface area contributed by atoms with E-state index in [0.29, 0.717) is 17.0 Å². The molecule has 2 N–H and O–H groups in total. The number of amides is 1. The van der Waals surface area contributed by atoms with Crippen LogP contribution in [0.3, 0.4) is 0 Å². The Hall–Kier alpha value is -2.03. The molecular weight excluding hydrogens is 298 g/mol. The second-order valence-electron chi connectivity index (χ2n) is 4.28. The average Bonchev–Trinajstić information content (AvgIpc) is 2.91. The van der Waals surface area contributed by atoms with Crippen molar-refractivity contribution in [3.8, 4) is 0 Å². The van der Waals surface area contributed by atoms with E-state index in [9.17, 15) is 14.4 Å². The van der Waals surface area contributed by atoms with Crippen molar-refractivity contribution < 1.29 is 24.2 Å². The third-order valence-electron chi connectivity index (χ3n) is 2.72. The molecule has 9 heteroatoms. The molecule has 1 aromatic heterocycles. The zero-order valence-corrected chi connectivity index (χ0v) is 12.6. The van der Waals surface area contributed by atoms with Gasteiger partial charge < -0.3 is 15.2 Å². The molecule has 0 aliphatic heterocycles. The van der Waals surface area contributed by atoms with Crippen LogP contribution in [0.5, 0.6) is 0 Å². The third kappa shape index (κ3) is 5.10. The van der Waals surface area contributed by atoms with Crippen LogP contribution >= 0.6 is 11.5 Å². The molecule has 0 aliphatic rings. The molecule has 21 heavy (non-hydrogen) atoms. The highest BCUT2D eigenvalue weighted by Gasteiger charge is 2.24. The minimum Gasteiger partial charge on any atom is -0.480 e. The number of esters is 1. The van der Waals surface area contributed by atoms with Crippen LogP contribution in [0.4, 0.5) is 0 Å². The summed E-state index contributed by atoms with van der Waals surface area (Å²) in [5, 5.41) is 15.3. The van der Waals surface area contributed by atoms with Crippen molar-refractivity contribution in [2.75, 3.05) is 7.11 Å². The van der Waals surface area contributed by atoms with Crippen LogP contribution in [0.15, 0.2) is 0 Å².